The minimum absolute atomic E-state index is 0.0413. The molecule has 1 unspecified atom stereocenters. The standard InChI is InChI=1S/C13H16N4O3/c1-5-19-12(18)13(3)8(6-14)10(15)20-11-9(13)7(2)16-17(11)4/h5,15H2,1-4H3. The number of rotatable bonds is 2. The van der Waals surface area contributed by atoms with Crippen molar-refractivity contribution in [2.75, 3.05) is 6.61 Å². The first-order valence-electron chi connectivity index (χ1n) is 6.17. The molecule has 0 saturated heterocycles. The van der Waals surface area contributed by atoms with Crippen molar-refractivity contribution in [3.05, 3.63) is 22.7 Å². The third-order valence-corrected chi connectivity index (χ3v) is 3.42. The third kappa shape index (κ3) is 1.65. The summed E-state index contributed by atoms with van der Waals surface area (Å²) in [5, 5.41) is 13.6. The first-order chi connectivity index (χ1) is 9.37. The SMILES string of the molecule is CCOC(=O)C1(C)C(C#N)=C(N)Oc2c1c(C)nn2C. The minimum Gasteiger partial charge on any atom is -0.465 e. The number of esters is 1. The van der Waals surface area contributed by atoms with E-state index in [0.717, 1.165) is 0 Å². The quantitative estimate of drug-likeness (QED) is 0.795. The zero-order valence-corrected chi connectivity index (χ0v) is 11.9. The smallest absolute Gasteiger partial charge is 0.322 e. The van der Waals surface area contributed by atoms with E-state index >= 15 is 0 Å². The van der Waals surface area contributed by atoms with Gasteiger partial charge in [0, 0.05) is 7.05 Å². The van der Waals surface area contributed by atoms with Crippen molar-refractivity contribution in [1.82, 2.24) is 9.78 Å². The molecule has 0 fully saturated rings. The van der Waals surface area contributed by atoms with Crippen molar-refractivity contribution in [2.24, 2.45) is 12.8 Å². The second kappa shape index (κ2) is 4.56. The Balaban J connectivity index is 2.75. The minimum atomic E-state index is -1.30. The summed E-state index contributed by atoms with van der Waals surface area (Å²) in [4.78, 5) is 12.4. The molecule has 2 heterocycles. The molecule has 7 heteroatoms. The van der Waals surface area contributed by atoms with Crippen LogP contribution < -0.4 is 10.5 Å². The normalized spacial score (nSPS) is 20.9. The van der Waals surface area contributed by atoms with Gasteiger partial charge in [0.05, 0.1) is 17.9 Å². The lowest BCUT2D eigenvalue weighted by atomic mass is 9.75. The van der Waals surface area contributed by atoms with E-state index in [1.807, 2.05) is 6.07 Å². The second-order valence-corrected chi connectivity index (χ2v) is 4.69. The highest BCUT2D eigenvalue weighted by Crippen LogP contribution is 2.44. The summed E-state index contributed by atoms with van der Waals surface area (Å²) < 4.78 is 12.0. The Hall–Kier alpha value is -2.49. The Bertz CT molecular complexity index is 653. The van der Waals surface area contributed by atoms with Gasteiger partial charge in [-0.15, -0.1) is 0 Å². The molecule has 1 aliphatic heterocycles. The lowest BCUT2D eigenvalue weighted by molar-refractivity contribution is -0.148. The van der Waals surface area contributed by atoms with Crippen molar-refractivity contribution in [1.29, 1.82) is 5.26 Å². The fourth-order valence-corrected chi connectivity index (χ4v) is 2.50. The van der Waals surface area contributed by atoms with Gasteiger partial charge in [0.1, 0.15) is 17.1 Å². The number of hydrogen-bond donors (Lipinski definition) is 1. The molecule has 0 spiro atoms. The van der Waals surface area contributed by atoms with Crippen molar-refractivity contribution in [3.63, 3.8) is 0 Å². The maximum atomic E-state index is 12.4. The largest absolute Gasteiger partial charge is 0.465 e. The molecule has 1 aromatic rings. The topological polar surface area (TPSA) is 103 Å². The summed E-state index contributed by atoms with van der Waals surface area (Å²) in [6.45, 7) is 5.27. The zero-order chi connectivity index (χ0) is 15.1. The van der Waals surface area contributed by atoms with Crippen LogP contribution in [0.25, 0.3) is 0 Å². The molecule has 0 radical (unpaired) electrons. The van der Waals surface area contributed by atoms with E-state index in [-0.39, 0.29) is 18.1 Å². The van der Waals surface area contributed by atoms with E-state index in [1.165, 1.54) is 4.68 Å². The van der Waals surface area contributed by atoms with E-state index in [4.69, 9.17) is 15.2 Å². The van der Waals surface area contributed by atoms with Crippen LogP contribution in [-0.2, 0) is 22.0 Å². The van der Waals surface area contributed by atoms with Crippen LogP contribution >= 0.6 is 0 Å². The van der Waals surface area contributed by atoms with Crippen LogP contribution in [0.3, 0.4) is 0 Å². The molecule has 2 rings (SSSR count). The fourth-order valence-electron chi connectivity index (χ4n) is 2.50. The van der Waals surface area contributed by atoms with Crippen LogP contribution in [0.2, 0.25) is 0 Å². The van der Waals surface area contributed by atoms with E-state index in [1.54, 1.807) is 27.8 Å². The highest BCUT2D eigenvalue weighted by Gasteiger charge is 2.50. The zero-order valence-electron chi connectivity index (χ0n) is 11.9. The number of nitrogens with zero attached hydrogens (tertiary/aromatic N) is 3. The van der Waals surface area contributed by atoms with Crippen molar-refractivity contribution >= 4 is 5.97 Å². The highest BCUT2D eigenvalue weighted by atomic mass is 16.5. The van der Waals surface area contributed by atoms with Crippen LogP contribution in [0.4, 0.5) is 0 Å². The van der Waals surface area contributed by atoms with Crippen LogP contribution in [0.5, 0.6) is 5.88 Å². The van der Waals surface area contributed by atoms with Crippen molar-refractivity contribution < 1.29 is 14.3 Å². The number of carbonyl (C=O) groups excluding carboxylic acids is 1. The van der Waals surface area contributed by atoms with Gasteiger partial charge in [0.15, 0.2) is 0 Å². The molecule has 0 aromatic carbocycles. The Morgan fingerprint density at radius 1 is 1.65 bits per heavy atom. The summed E-state index contributed by atoms with van der Waals surface area (Å²) in [6, 6.07) is 1.95. The summed E-state index contributed by atoms with van der Waals surface area (Å²) >= 11 is 0. The molecule has 106 valence electrons. The first-order valence-corrected chi connectivity index (χ1v) is 6.17. The molecule has 0 bridgehead atoms. The average Bonchev–Trinajstić information content (AvgIpc) is 2.65. The number of aryl methyl sites for hydroxylation is 2. The lowest BCUT2D eigenvalue weighted by Gasteiger charge is -2.31. The van der Waals surface area contributed by atoms with Crippen molar-refractivity contribution in [3.8, 4) is 11.9 Å². The Kier molecular flexibility index (Phi) is 3.18. The highest BCUT2D eigenvalue weighted by molar-refractivity contribution is 5.90. The number of aromatic nitrogens is 2. The molecule has 1 aromatic heterocycles. The van der Waals surface area contributed by atoms with Gasteiger partial charge < -0.3 is 15.2 Å². The van der Waals surface area contributed by atoms with Gasteiger partial charge in [-0.1, -0.05) is 0 Å². The number of carbonyl (C=O) groups is 1. The summed E-state index contributed by atoms with van der Waals surface area (Å²) in [7, 11) is 1.68. The number of nitrogens with two attached hydrogens (primary N) is 1. The maximum Gasteiger partial charge on any atom is 0.322 e. The van der Waals surface area contributed by atoms with Crippen LogP contribution in [-0.4, -0.2) is 22.4 Å². The molecule has 0 amide bonds. The molecule has 0 saturated carbocycles. The molecule has 7 nitrogen and oxygen atoms in total. The van der Waals surface area contributed by atoms with Gasteiger partial charge in [-0.3, -0.25) is 4.79 Å². The van der Waals surface area contributed by atoms with Crippen LogP contribution in [0.15, 0.2) is 11.5 Å². The van der Waals surface area contributed by atoms with Gasteiger partial charge in [-0.25, -0.2) is 4.68 Å². The van der Waals surface area contributed by atoms with Gasteiger partial charge in [0.25, 0.3) is 0 Å². The molecular formula is C13H16N4O3. The summed E-state index contributed by atoms with van der Waals surface area (Å²) in [5.41, 5.74) is 5.63. The number of ether oxygens (including phenoxy) is 2. The second-order valence-electron chi connectivity index (χ2n) is 4.69. The number of nitriles is 1. The summed E-state index contributed by atoms with van der Waals surface area (Å²) in [6.07, 6.45) is 0. The van der Waals surface area contributed by atoms with Gasteiger partial charge in [-0.05, 0) is 20.8 Å². The molecule has 0 aliphatic carbocycles. The Labute approximate surface area is 116 Å². The van der Waals surface area contributed by atoms with E-state index in [0.29, 0.717) is 17.1 Å². The van der Waals surface area contributed by atoms with Crippen LogP contribution in [0.1, 0.15) is 25.1 Å². The van der Waals surface area contributed by atoms with Crippen LogP contribution in [0, 0.1) is 18.3 Å². The Morgan fingerprint density at radius 2 is 2.30 bits per heavy atom. The molecule has 1 atom stereocenters. The van der Waals surface area contributed by atoms with Gasteiger partial charge in [-0.2, -0.15) is 10.4 Å². The number of fused-ring (bicyclic) bond motifs is 1. The molecule has 20 heavy (non-hydrogen) atoms. The molecular weight excluding hydrogens is 260 g/mol. The van der Waals surface area contributed by atoms with E-state index in [2.05, 4.69) is 5.10 Å². The molecule has 2 N–H and O–H groups in total. The van der Waals surface area contributed by atoms with Gasteiger partial charge >= 0.3 is 5.97 Å². The monoisotopic (exact) mass is 276 g/mol. The van der Waals surface area contributed by atoms with Crippen molar-refractivity contribution in [2.45, 2.75) is 26.2 Å². The number of hydrogen-bond acceptors (Lipinski definition) is 6. The predicted molar refractivity (Wildman–Crippen MR) is 69.4 cm³/mol. The fraction of sp³-hybridized carbons (Fsp3) is 0.462. The Morgan fingerprint density at radius 3 is 2.85 bits per heavy atom. The van der Waals surface area contributed by atoms with E-state index in [9.17, 15) is 10.1 Å². The summed E-state index contributed by atoms with van der Waals surface area (Å²) in [5.74, 6) is -0.284. The first kappa shape index (κ1) is 13.9. The van der Waals surface area contributed by atoms with Gasteiger partial charge in [0.2, 0.25) is 11.8 Å². The average molecular weight is 276 g/mol. The lowest BCUT2D eigenvalue weighted by Crippen LogP contribution is -2.41. The van der Waals surface area contributed by atoms with E-state index < -0.39 is 11.4 Å². The molecule has 1 aliphatic rings. The maximum absolute atomic E-state index is 12.4. The third-order valence-electron chi connectivity index (χ3n) is 3.42. The predicted octanol–water partition coefficient (Wildman–Crippen LogP) is 0.636.